The molecule has 148 valence electrons. The molecule has 10 heteroatoms. The number of nitrogens with zero attached hydrogens (tertiary/aromatic N) is 5. The summed E-state index contributed by atoms with van der Waals surface area (Å²) < 4.78 is 28.9. The van der Waals surface area contributed by atoms with E-state index in [0.717, 1.165) is 31.0 Å². The summed E-state index contributed by atoms with van der Waals surface area (Å²) in [5, 5.41) is 7.04. The van der Waals surface area contributed by atoms with Crippen LogP contribution in [0.15, 0.2) is 23.0 Å². The summed E-state index contributed by atoms with van der Waals surface area (Å²) in [6.07, 6.45) is 3.38. The first-order valence-electron chi connectivity index (χ1n) is 9.25. The van der Waals surface area contributed by atoms with Crippen molar-refractivity contribution in [1.82, 2.24) is 24.7 Å². The summed E-state index contributed by atoms with van der Waals surface area (Å²) in [5.74, 6) is -2.11. The first-order valence-corrected chi connectivity index (χ1v) is 9.25. The van der Waals surface area contributed by atoms with Crippen molar-refractivity contribution in [2.24, 2.45) is 5.92 Å². The van der Waals surface area contributed by atoms with Gasteiger partial charge in [0.25, 0.3) is 0 Å². The maximum atomic E-state index is 14.0. The number of benzene rings is 1. The van der Waals surface area contributed by atoms with Gasteiger partial charge in [-0.15, -0.1) is 4.68 Å². The van der Waals surface area contributed by atoms with E-state index in [1.54, 1.807) is 6.92 Å². The first kappa shape index (κ1) is 18.5. The number of hydrogen-bond acceptors (Lipinski definition) is 5. The van der Waals surface area contributed by atoms with Gasteiger partial charge in [-0.3, -0.25) is 4.79 Å². The number of fused-ring (bicyclic) bond motifs is 1. The van der Waals surface area contributed by atoms with Crippen LogP contribution in [0.2, 0.25) is 0 Å². The second kappa shape index (κ2) is 6.92. The lowest BCUT2D eigenvalue weighted by Crippen LogP contribution is -2.59. The van der Waals surface area contributed by atoms with Gasteiger partial charge in [0.1, 0.15) is 11.5 Å². The average molecular weight is 391 g/mol. The predicted octanol–water partition coefficient (Wildman–Crippen LogP) is 1.90. The molecule has 2 aromatic rings. The van der Waals surface area contributed by atoms with E-state index < -0.39 is 35.1 Å². The fraction of sp³-hybridized carbons (Fsp3) is 0.500. The van der Waals surface area contributed by atoms with E-state index in [9.17, 15) is 23.2 Å². The zero-order chi connectivity index (χ0) is 20.0. The van der Waals surface area contributed by atoms with Gasteiger partial charge in [0, 0.05) is 24.4 Å². The molecule has 1 amide bonds. The zero-order valence-corrected chi connectivity index (χ0v) is 15.2. The fourth-order valence-electron chi connectivity index (χ4n) is 4.33. The maximum Gasteiger partial charge on any atom is 0.377 e. The van der Waals surface area contributed by atoms with Crippen LogP contribution >= 0.6 is 0 Å². The van der Waals surface area contributed by atoms with Crippen LogP contribution in [-0.2, 0) is 4.79 Å². The van der Waals surface area contributed by atoms with Crippen LogP contribution in [0.25, 0.3) is 5.69 Å². The lowest BCUT2D eigenvalue weighted by atomic mass is 9.76. The highest BCUT2D eigenvalue weighted by molar-refractivity contribution is 5.86. The molecular formula is C18H19F2N5O3. The van der Waals surface area contributed by atoms with Crippen molar-refractivity contribution in [1.29, 1.82) is 0 Å². The Morgan fingerprint density at radius 3 is 2.50 bits per heavy atom. The molecule has 1 saturated heterocycles. The number of piperidine rings is 1. The summed E-state index contributed by atoms with van der Waals surface area (Å²) in [6.45, 7) is 1.74. The van der Waals surface area contributed by atoms with Crippen molar-refractivity contribution in [3.8, 4) is 5.69 Å². The van der Waals surface area contributed by atoms with Crippen molar-refractivity contribution in [3.05, 3.63) is 40.3 Å². The highest BCUT2D eigenvalue weighted by atomic mass is 19.1. The minimum absolute atomic E-state index is 0.130. The SMILES string of the molecule is C[C@@H]1CC(=O)[C@@H]2CCCC[C@H]2N1C(=O)n1nnn(-c2c(F)cccc2F)c1=O. The van der Waals surface area contributed by atoms with E-state index in [1.165, 1.54) is 4.90 Å². The molecule has 4 rings (SSSR count). The topological polar surface area (TPSA) is 90.1 Å². The Bertz CT molecular complexity index is 981. The standard InChI is InChI=1S/C18H19F2N5O3/c1-10-9-15(26)11-5-2-3-8-14(11)23(10)17(27)25-18(28)24(21-22-25)16-12(19)6-4-7-13(16)20/h4,6-7,10-11,14H,2-3,5,8-9H2,1H3/t10-,11-,14-/m1/s1. The fourth-order valence-corrected chi connectivity index (χ4v) is 4.33. The molecule has 0 N–H and O–H groups in total. The second-order valence-corrected chi connectivity index (χ2v) is 7.32. The molecule has 2 fully saturated rings. The average Bonchev–Trinajstić information content (AvgIpc) is 3.03. The Morgan fingerprint density at radius 1 is 1.11 bits per heavy atom. The molecule has 8 nitrogen and oxygen atoms in total. The third-order valence-corrected chi connectivity index (χ3v) is 5.60. The molecule has 0 radical (unpaired) electrons. The Balaban J connectivity index is 1.72. The number of amides is 1. The van der Waals surface area contributed by atoms with Crippen molar-refractivity contribution < 1.29 is 18.4 Å². The third-order valence-electron chi connectivity index (χ3n) is 5.60. The van der Waals surface area contributed by atoms with Crippen LogP contribution in [0.5, 0.6) is 0 Å². The van der Waals surface area contributed by atoms with Gasteiger partial charge in [-0.05, 0) is 42.3 Å². The molecule has 2 heterocycles. The molecule has 1 aliphatic heterocycles. The highest BCUT2D eigenvalue weighted by Gasteiger charge is 2.45. The van der Waals surface area contributed by atoms with Crippen molar-refractivity contribution in [3.63, 3.8) is 0 Å². The molecule has 1 saturated carbocycles. The quantitative estimate of drug-likeness (QED) is 0.693. The van der Waals surface area contributed by atoms with E-state index in [-0.39, 0.29) is 24.2 Å². The van der Waals surface area contributed by atoms with Gasteiger partial charge in [0.2, 0.25) is 0 Å². The molecular weight excluding hydrogens is 372 g/mol. The minimum atomic E-state index is -1.06. The largest absolute Gasteiger partial charge is 0.377 e. The number of Topliss-reactive ketones (excluding diaryl/α,β-unsaturated/α-hetero) is 1. The van der Waals surface area contributed by atoms with Gasteiger partial charge >= 0.3 is 11.7 Å². The molecule has 1 aromatic carbocycles. The Morgan fingerprint density at radius 2 is 1.79 bits per heavy atom. The lowest BCUT2D eigenvalue weighted by Gasteiger charge is -2.46. The summed E-state index contributed by atoms with van der Waals surface area (Å²) in [5.41, 5.74) is -1.76. The number of halogens is 2. The summed E-state index contributed by atoms with van der Waals surface area (Å²) in [6, 6.07) is 1.68. The lowest BCUT2D eigenvalue weighted by molar-refractivity contribution is -0.131. The molecule has 3 atom stereocenters. The second-order valence-electron chi connectivity index (χ2n) is 7.32. The van der Waals surface area contributed by atoms with E-state index in [2.05, 4.69) is 10.4 Å². The highest BCUT2D eigenvalue weighted by Crippen LogP contribution is 2.36. The van der Waals surface area contributed by atoms with Gasteiger partial charge in [-0.25, -0.2) is 18.4 Å². The molecule has 1 aliphatic carbocycles. The van der Waals surface area contributed by atoms with Gasteiger partial charge < -0.3 is 4.90 Å². The number of likely N-dealkylation sites (tertiary alicyclic amines) is 1. The van der Waals surface area contributed by atoms with Gasteiger partial charge in [-0.1, -0.05) is 18.9 Å². The van der Waals surface area contributed by atoms with Crippen molar-refractivity contribution in [2.75, 3.05) is 0 Å². The van der Waals surface area contributed by atoms with Crippen LogP contribution in [0.1, 0.15) is 39.0 Å². The third kappa shape index (κ3) is 2.83. The number of carbonyl (C=O) groups excluding carboxylic acids is 2. The predicted molar refractivity (Wildman–Crippen MR) is 93.0 cm³/mol. The Hall–Kier alpha value is -2.91. The normalized spacial score (nSPS) is 24.9. The summed E-state index contributed by atoms with van der Waals surface area (Å²) in [4.78, 5) is 39.6. The van der Waals surface area contributed by atoms with E-state index in [1.807, 2.05) is 0 Å². The molecule has 1 aromatic heterocycles. The number of ketones is 1. The van der Waals surface area contributed by atoms with E-state index in [4.69, 9.17) is 0 Å². The number of aromatic nitrogens is 4. The first-order chi connectivity index (χ1) is 13.4. The minimum Gasteiger partial charge on any atom is -0.316 e. The van der Waals surface area contributed by atoms with Crippen LogP contribution in [0.4, 0.5) is 13.6 Å². The number of carbonyl (C=O) groups is 2. The monoisotopic (exact) mass is 391 g/mol. The van der Waals surface area contributed by atoms with Crippen LogP contribution < -0.4 is 5.69 Å². The molecule has 0 unspecified atom stereocenters. The summed E-state index contributed by atoms with van der Waals surface area (Å²) in [7, 11) is 0. The van der Waals surface area contributed by atoms with Gasteiger partial charge in [0.05, 0.1) is 0 Å². The molecule has 2 aliphatic rings. The van der Waals surface area contributed by atoms with E-state index in [0.29, 0.717) is 22.2 Å². The molecule has 0 spiro atoms. The molecule has 28 heavy (non-hydrogen) atoms. The van der Waals surface area contributed by atoms with Gasteiger partial charge in [-0.2, -0.15) is 4.68 Å². The Labute approximate surface area is 158 Å². The Kier molecular flexibility index (Phi) is 4.56. The number of para-hydroxylation sites is 1. The van der Waals surface area contributed by atoms with Crippen molar-refractivity contribution in [2.45, 2.75) is 51.1 Å². The zero-order valence-electron chi connectivity index (χ0n) is 15.2. The number of rotatable bonds is 1. The van der Waals surface area contributed by atoms with Crippen LogP contribution in [-0.4, -0.2) is 48.6 Å². The number of tetrazole rings is 1. The smallest absolute Gasteiger partial charge is 0.316 e. The van der Waals surface area contributed by atoms with Crippen LogP contribution in [0.3, 0.4) is 0 Å². The maximum absolute atomic E-state index is 14.0. The molecule has 0 bridgehead atoms. The van der Waals surface area contributed by atoms with Gasteiger partial charge in [0.15, 0.2) is 11.6 Å². The van der Waals surface area contributed by atoms with E-state index >= 15 is 0 Å². The van der Waals surface area contributed by atoms with Crippen molar-refractivity contribution >= 4 is 11.8 Å². The summed E-state index contributed by atoms with van der Waals surface area (Å²) >= 11 is 0. The van der Waals surface area contributed by atoms with Crippen LogP contribution in [0, 0.1) is 17.6 Å². The number of hydrogen-bond donors (Lipinski definition) is 0.